The predicted octanol–water partition coefficient (Wildman–Crippen LogP) is 1.30. The first-order valence-corrected chi connectivity index (χ1v) is 4.44. The molecule has 0 saturated heterocycles. The fourth-order valence-electron chi connectivity index (χ4n) is 0.792. The molecule has 0 aliphatic rings. The monoisotopic (exact) mass is 170 g/mol. The first kappa shape index (κ1) is 8.51. The Labute approximate surface area is 68.1 Å². The van der Waals surface area contributed by atoms with Crippen molar-refractivity contribution in [2.45, 2.75) is 6.92 Å². The van der Waals surface area contributed by atoms with Gasteiger partial charge in [0.15, 0.2) is 0 Å². The first-order valence-electron chi connectivity index (χ1n) is 3.49. The second kappa shape index (κ2) is 4.32. The molecule has 0 amide bonds. The maximum atomic E-state index is 8.75. The Morgan fingerprint density at radius 3 is 2.45 bits per heavy atom. The Morgan fingerprint density at radius 1 is 1.36 bits per heavy atom. The van der Waals surface area contributed by atoms with Crippen LogP contribution in [0.4, 0.5) is 0 Å². The molecule has 1 rings (SSSR count). The Hall–Kier alpha value is -0.590. The van der Waals surface area contributed by atoms with Gasteiger partial charge in [-0.15, -0.1) is 0 Å². The zero-order valence-corrected chi connectivity index (χ0v) is 7.37. The summed E-state index contributed by atoms with van der Waals surface area (Å²) in [5, 5.41) is 0.938. The summed E-state index contributed by atoms with van der Waals surface area (Å²) in [6.07, 6.45) is 0. The highest BCUT2D eigenvalue weighted by atomic mass is 31.1. The molecule has 0 bridgehead atoms. The third-order valence-electron chi connectivity index (χ3n) is 1.29. The summed E-state index contributed by atoms with van der Waals surface area (Å²) in [5.74, 6) is 0.856. The van der Waals surface area contributed by atoms with E-state index in [4.69, 9.17) is 9.63 Å². The quantitative estimate of drug-likeness (QED) is 0.693. The van der Waals surface area contributed by atoms with Gasteiger partial charge in [0.25, 0.3) is 0 Å². The van der Waals surface area contributed by atoms with E-state index in [1.54, 1.807) is 0 Å². The van der Waals surface area contributed by atoms with Crippen molar-refractivity contribution in [1.29, 1.82) is 0 Å². The van der Waals surface area contributed by atoms with Gasteiger partial charge >= 0.3 is 0 Å². The molecular weight excluding hydrogens is 159 g/mol. The van der Waals surface area contributed by atoms with Crippen molar-refractivity contribution in [3.63, 3.8) is 0 Å². The molecule has 3 heteroatoms. The summed E-state index contributed by atoms with van der Waals surface area (Å²) in [4.78, 5) is 8.75. The summed E-state index contributed by atoms with van der Waals surface area (Å²) in [6, 6.07) is 7.46. The minimum Gasteiger partial charge on any atom is -0.494 e. The van der Waals surface area contributed by atoms with Gasteiger partial charge in [-0.3, -0.25) is 0 Å². The maximum Gasteiger partial charge on any atom is 0.119 e. The lowest BCUT2D eigenvalue weighted by Gasteiger charge is -2.02. The first-order chi connectivity index (χ1) is 5.36. The number of hydrogen-bond donors (Lipinski definition) is 1. The standard InChI is InChI=1S/C8H11O2P/c1-2-10-7-3-5-8(11-9)6-4-7/h3-6,9,11H,2H2,1H3. The molecular formula is C8H11O2P. The SMILES string of the molecule is CCOc1ccc(PO)cc1. The molecule has 0 spiro atoms. The zero-order valence-electron chi connectivity index (χ0n) is 6.37. The van der Waals surface area contributed by atoms with E-state index in [2.05, 4.69) is 0 Å². The van der Waals surface area contributed by atoms with Crippen LogP contribution < -0.4 is 10.0 Å². The lowest BCUT2D eigenvalue weighted by Crippen LogP contribution is -1.95. The van der Waals surface area contributed by atoms with Gasteiger partial charge in [-0.2, -0.15) is 0 Å². The topological polar surface area (TPSA) is 29.5 Å². The van der Waals surface area contributed by atoms with Crippen molar-refractivity contribution in [2.24, 2.45) is 0 Å². The molecule has 0 heterocycles. The van der Waals surface area contributed by atoms with Gasteiger partial charge in [0, 0.05) is 8.81 Å². The van der Waals surface area contributed by atoms with E-state index in [9.17, 15) is 0 Å². The molecule has 1 aromatic rings. The van der Waals surface area contributed by atoms with Crippen LogP contribution in [0.1, 0.15) is 6.92 Å². The Kier molecular flexibility index (Phi) is 3.34. The molecule has 0 radical (unpaired) electrons. The predicted molar refractivity (Wildman–Crippen MR) is 47.8 cm³/mol. The van der Waals surface area contributed by atoms with E-state index < -0.39 is 0 Å². The molecule has 1 N–H and O–H groups in total. The van der Waals surface area contributed by atoms with Gasteiger partial charge in [-0.25, -0.2) is 0 Å². The molecule has 0 fully saturated rings. The highest BCUT2D eigenvalue weighted by Crippen LogP contribution is 2.11. The van der Waals surface area contributed by atoms with E-state index in [0.717, 1.165) is 11.1 Å². The normalized spacial score (nSPS) is 10.7. The molecule has 1 aromatic carbocycles. The van der Waals surface area contributed by atoms with Crippen molar-refractivity contribution in [3.05, 3.63) is 24.3 Å². The number of hydrogen-bond acceptors (Lipinski definition) is 2. The zero-order chi connectivity index (χ0) is 8.10. The number of ether oxygens (including phenoxy) is 1. The average Bonchev–Trinajstić information content (AvgIpc) is 2.07. The minimum absolute atomic E-state index is 0.127. The lowest BCUT2D eigenvalue weighted by atomic mass is 10.3. The molecule has 11 heavy (non-hydrogen) atoms. The molecule has 0 aromatic heterocycles. The third kappa shape index (κ3) is 2.49. The Bertz CT molecular complexity index is 208. The van der Waals surface area contributed by atoms with Gasteiger partial charge in [0.05, 0.1) is 6.61 Å². The Morgan fingerprint density at radius 2 is 2.00 bits per heavy atom. The smallest absolute Gasteiger partial charge is 0.119 e. The summed E-state index contributed by atoms with van der Waals surface area (Å²) < 4.78 is 5.23. The highest BCUT2D eigenvalue weighted by Gasteiger charge is 1.91. The van der Waals surface area contributed by atoms with Gasteiger partial charge in [0.2, 0.25) is 0 Å². The fraction of sp³-hybridized carbons (Fsp3) is 0.250. The second-order valence-corrected chi connectivity index (χ2v) is 2.87. The molecule has 1 atom stereocenters. The molecule has 0 aliphatic heterocycles. The van der Waals surface area contributed by atoms with Crippen molar-refractivity contribution in [2.75, 3.05) is 6.61 Å². The molecule has 2 nitrogen and oxygen atoms in total. The van der Waals surface area contributed by atoms with E-state index >= 15 is 0 Å². The Balaban J connectivity index is 2.66. The maximum absolute atomic E-state index is 8.75. The van der Waals surface area contributed by atoms with Gasteiger partial charge in [0.1, 0.15) is 5.75 Å². The van der Waals surface area contributed by atoms with Crippen molar-refractivity contribution >= 4 is 14.1 Å². The highest BCUT2D eigenvalue weighted by molar-refractivity contribution is 7.40. The summed E-state index contributed by atoms with van der Waals surface area (Å²) in [6.45, 7) is 2.63. The van der Waals surface area contributed by atoms with Crippen LogP contribution in [-0.2, 0) is 0 Å². The summed E-state index contributed by atoms with van der Waals surface area (Å²) in [5.41, 5.74) is 0. The molecule has 0 saturated carbocycles. The summed E-state index contributed by atoms with van der Waals surface area (Å²) in [7, 11) is -0.127. The van der Waals surface area contributed by atoms with Gasteiger partial charge in [-0.05, 0) is 36.5 Å². The average molecular weight is 170 g/mol. The van der Waals surface area contributed by atoms with Crippen molar-refractivity contribution < 1.29 is 9.63 Å². The van der Waals surface area contributed by atoms with Crippen LogP contribution in [-0.4, -0.2) is 11.5 Å². The van der Waals surface area contributed by atoms with Crippen LogP contribution >= 0.6 is 8.81 Å². The van der Waals surface area contributed by atoms with Crippen LogP contribution in [0.5, 0.6) is 5.75 Å². The van der Waals surface area contributed by atoms with Crippen molar-refractivity contribution in [3.8, 4) is 5.75 Å². The second-order valence-electron chi connectivity index (χ2n) is 2.07. The summed E-state index contributed by atoms with van der Waals surface area (Å²) >= 11 is 0. The number of benzene rings is 1. The van der Waals surface area contributed by atoms with E-state index in [0.29, 0.717) is 6.61 Å². The number of rotatable bonds is 3. The van der Waals surface area contributed by atoms with Crippen LogP contribution in [0.3, 0.4) is 0 Å². The minimum atomic E-state index is -0.127. The van der Waals surface area contributed by atoms with Crippen LogP contribution in [0.2, 0.25) is 0 Å². The van der Waals surface area contributed by atoms with Gasteiger partial charge in [-0.1, -0.05) is 0 Å². The van der Waals surface area contributed by atoms with Gasteiger partial charge < -0.3 is 9.63 Å². The fourth-order valence-corrected chi connectivity index (χ4v) is 1.11. The van der Waals surface area contributed by atoms with E-state index in [1.807, 2.05) is 31.2 Å². The van der Waals surface area contributed by atoms with E-state index in [-0.39, 0.29) is 8.81 Å². The van der Waals surface area contributed by atoms with Crippen molar-refractivity contribution in [1.82, 2.24) is 0 Å². The lowest BCUT2D eigenvalue weighted by molar-refractivity contribution is 0.340. The molecule has 60 valence electrons. The molecule has 0 aliphatic carbocycles. The van der Waals surface area contributed by atoms with Crippen LogP contribution in [0.25, 0.3) is 0 Å². The third-order valence-corrected chi connectivity index (χ3v) is 1.89. The van der Waals surface area contributed by atoms with E-state index in [1.165, 1.54) is 0 Å². The van der Waals surface area contributed by atoms with Crippen LogP contribution in [0, 0.1) is 0 Å². The molecule has 1 unspecified atom stereocenters. The largest absolute Gasteiger partial charge is 0.494 e. The van der Waals surface area contributed by atoms with Crippen LogP contribution in [0.15, 0.2) is 24.3 Å².